The second-order valence-corrected chi connectivity index (χ2v) is 8.83. The van der Waals surface area contributed by atoms with Crippen LogP contribution in [0.5, 0.6) is 0 Å². The molecule has 0 saturated carbocycles. The molecule has 0 bridgehead atoms. The van der Waals surface area contributed by atoms with E-state index in [1.807, 2.05) is 0 Å². The Bertz CT molecular complexity index is 1750. The van der Waals surface area contributed by atoms with Crippen LogP contribution in [0.1, 0.15) is 17.0 Å². The standard InChI is InChI=1S/C25H18ClF3N6O2/c1-14-11-17(9-10-30-14)20-21(16-4-6-18(26)7-5-16)23(36)33(2)35-22(20)32-34(24(35)37)13-15-3-8-19(31-12-15)25(27,28)29/h3-12H,13H2,1-2H3. The van der Waals surface area contributed by atoms with Crippen molar-refractivity contribution in [3.8, 4) is 22.3 Å². The fraction of sp³-hybridized carbons (Fsp3) is 0.160. The Morgan fingerprint density at radius 3 is 2.30 bits per heavy atom. The summed E-state index contributed by atoms with van der Waals surface area (Å²) in [5.41, 5.74) is 1.02. The molecule has 5 aromatic rings. The topological polar surface area (TPSA) is 87.1 Å². The molecule has 8 nitrogen and oxygen atoms in total. The normalized spacial score (nSPS) is 11.8. The van der Waals surface area contributed by atoms with E-state index in [9.17, 15) is 22.8 Å². The maximum absolute atomic E-state index is 13.6. The highest BCUT2D eigenvalue weighted by Gasteiger charge is 2.32. The highest BCUT2D eigenvalue weighted by Crippen LogP contribution is 2.33. The molecular weight excluding hydrogens is 509 g/mol. The molecule has 0 spiro atoms. The second kappa shape index (κ2) is 9.00. The Morgan fingerprint density at radius 2 is 1.68 bits per heavy atom. The van der Waals surface area contributed by atoms with Gasteiger partial charge in [-0.05, 0) is 53.9 Å². The second-order valence-electron chi connectivity index (χ2n) is 8.40. The number of fused-ring (bicyclic) bond motifs is 1. The minimum atomic E-state index is -4.58. The lowest BCUT2D eigenvalue weighted by Gasteiger charge is -2.14. The summed E-state index contributed by atoms with van der Waals surface area (Å²) in [6.07, 6.45) is -1.94. The zero-order valence-corrected chi connectivity index (χ0v) is 20.2. The predicted octanol–water partition coefficient (Wildman–Crippen LogP) is 4.35. The zero-order chi connectivity index (χ0) is 26.5. The molecule has 0 saturated heterocycles. The van der Waals surface area contributed by atoms with Crippen LogP contribution in [-0.4, -0.2) is 28.9 Å². The summed E-state index contributed by atoms with van der Waals surface area (Å²) in [6, 6.07) is 12.3. The van der Waals surface area contributed by atoms with E-state index < -0.39 is 23.1 Å². The number of halogens is 4. The van der Waals surface area contributed by atoms with Crippen LogP contribution in [0.3, 0.4) is 0 Å². The first-order valence-electron chi connectivity index (χ1n) is 11.0. The molecule has 0 amide bonds. The number of aryl methyl sites for hydroxylation is 2. The quantitative estimate of drug-likeness (QED) is 0.347. The predicted molar refractivity (Wildman–Crippen MR) is 131 cm³/mol. The van der Waals surface area contributed by atoms with E-state index in [-0.39, 0.29) is 12.2 Å². The molecule has 0 aliphatic carbocycles. The molecule has 12 heteroatoms. The van der Waals surface area contributed by atoms with Crippen LogP contribution in [0.4, 0.5) is 13.2 Å². The number of hydrogen-bond donors (Lipinski definition) is 0. The summed E-state index contributed by atoms with van der Waals surface area (Å²) in [5, 5.41) is 5.00. The highest BCUT2D eigenvalue weighted by atomic mass is 35.5. The van der Waals surface area contributed by atoms with Crippen molar-refractivity contribution in [2.24, 2.45) is 7.05 Å². The molecule has 0 aliphatic rings. The Labute approximate surface area is 212 Å². The molecule has 0 fully saturated rings. The summed E-state index contributed by atoms with van der Waals surface area (Å²) < 4.78 is 42.1. The Kier molecular flexibility index (Phi) is 5.95. The number of nitrogens with zero attached hydrogens (tertiary/aromatic N) is 6. The maximum Gasteiger partial charge on any atom is 0.433 e. The summed E-state index contributed by atoms with van der Waals surface area (Å²) >= 11 is 6.06. The molecule has 188 valence electrons. The van der Waals surface area contributed by atoms with Crippen molar-refractivity contribution in [3.05, 3.63) is 104 Å². The van der Waals surface area contributed by atoms with Crippen molar-refractivity contribution in [1.82, 2.24) is 28.9 Å². The minimum Gasteiger partial charge on any atom is -0.267 e. The number of pyridine rings is 2. The van der Waals surface area contributed by atoms with Gasteiger partial charge in [-0.15, -0.1) is 5.10 Å². The average molecular weight is 527 g/mol. The first-order valence-corrected chi connectivity index (χ1v) is 11.4. The zero-order valence-electron chi connectivity index (χ0n) is 19.5. The molecule has 4 aromatic heterocycles. The van der Waals surface area contributed by atoms with Gasteiger partial charge in [-0.3, -0.25) is 14.8 Å². The highest BCUT2D eigenvalue weighted by molar-refractivity contribution is 6.30. The van der Waals surface area contributed by atoms with Gasteiger partial charge >= 0.3 is 11.9 Å². The van der Waals surface area contributed by atoms with Crippen LogP contribution in [-0.2, 0) is 19.8 Å². The van der Waals surface area contributed by atoms with Gasteiger partial charge in [-0.1, -0.05) is 29.8 Å². The third-order valence-corrected chi connectivity index (χ3v) is 6.12. The van der Waals surface area contributed by atoms with Gasteiger partial charge in [0.1, 0.15) is 5.69 Å². The van der Waals surface area contributed by atoms with E-state index in [0.29, 0.717) is 38.5 Å². The van der Waals surface area contributed by atoms with Gasteiger partial charge in [0.15, 0.2) is 5.65 Å². The van der Waals surface area contributed by atoms with Crippen LogP contribution in [0.25, 0.3) is 27.9 Å². The molecular formula is C25H18ClF3N6O2. The number of aromatic nitrogens is 6. The Hall–Kier alpha value is -4.25. The maximum atomic E-state index is 13.6. The monoisotopic (exact) mass is 526 g/mol. The molecule has 0 atom stereocenters. The lowest BCUT2D eigenvalue weighted by atomic mass is 9.97. The van der Waals surface area contributed by atoms with Crippen molar-refractivity contribution in [2.45, 2.75) is 19.6 Å². The van der Waals surface area contributed by atoms with E-state index in [4.69, 9.17) is 11.6 Å². The molecule has 0 radical (unpaired) electrons. The minimum absolute atomic E-state index is 0.148. The summed E-state index contributed by atoms with van der Waals surface area (Å²) in [7, 11) is 1.45. The van der Waals surface area contributed by atoms with Gasteiger partial charge in [-0.25, -0.2) is 14.2 Å². The molecule has 0 N–H and O–H groups in total. The van der Waals surface area contributed by atoms with E-state index in [0.717, 1.165) is 26.1 Å². The molecule has 4 heterocycles. The largest absolute Gasteiger partial charge is 0.433 e. The Morgan fingerprint density at radius 1 is 0.946 bits per heavy atom. The third kappa shape index (κ3) is 4.42. The molecule has 1 aromatic carbocycles. The summed E-state index contributed by atoms with van der Waals surface area (Å²) in [6.45, 7) is 1.65. The fourth-order valence-electron chi connectivity index (χ4n) is 4.12. The van der Waals surface area contributed by atoms with Crippen molar-refractivity contribution in [2.75, 3.05) is 0 Å². The lowest BCUT2D eigenvalue weighted by molar-refractivity contribution is -0.141. The number of alkyl halides is 3. The lowest BCUT2D eigenvalue weighted by Crippen LogP contribution is -2.33. The molecule has 0 unspecified atom stereocenters. The van der Waals surface area contributed by atoms with Crippen LogP contribution in [0.2, 0.25) is 5.02 Å². The molecule has 37 heavy (non-hydrogen) atoms. The SMILES string of the molecule is Cc1cc(-c2c(-c3ccc(Cl)cc3)c(=O)n(C)n3c(=O)n(Cc4ccc(C(F)(F)F)nc4)nc23)ccn1. The van der Waals surface area contributed by atoms with E-state index >= 15 is 0 Å². The van der Waals surface area contributed by atoms with Gasteiger partial charge in [0.25, 0.3) is 5.56 Å². The average Bonchev–Trinajstić information content (AvgIpc) is 3.17. The number of rotatable bonds is 4. The van der Waals surface area contributed by atoms with Crippen LogP contribution < -0.4 is 11.2 Å². The molecule has 5 rings (SSSR count). The third-order valence-electron chi connectivity index (χ3n) is 5.87. The summed E-state index contributed by atoms with van der Waals surface area (Å²) in [5.74, 6) is 0. The fourth-order valence-corrected chi connectivity index (χ4v) is 4.24. The molecule has 0 aliphatic heterocycles. The first-order chi connectivity index (χ1) is 17.5. The van der Waals surface area contributed by atoms with Gasteiger partial charge in [0.05, 0.1) is 12.1 Å². The van der Waals surface area contributed by atoms with Crippen molar-refractivity contribution < 1.29 is 13.2 Å². The van der Waals surface area contributed by atoms with Crippen molar-refractivity contribution in [3.63, 3.8) is 0 Å². The van der Waals surface area contributed by atoms with Crippen LogP contribution in [0, 0.1) is 6.92 Å². The van der Waals surface area contributed by atoms with E-state index in [1.165, 1.54) is 13.1 Å². The van der Waals surface area contributed by atoms with Crippen LogP contribution in [0.15, 0.2) is 70.5 Å². The van der Waals surface area contributed by atoms with Crippen molar-refractivity contribution >= 4 is 17.2 Å². The number of benzene rings is 1. The van der Waals surface area contributed by atoms with Crippen molar-refractivity contribution in [1.29, 1.82) is 0 Å². The summed E-state index contributed by atoms with van der Waals surface area (Å²) in [4.78, 5) is 34.6. The van der Waals surface area contributed by atoms with E-state index in [1.54, 1.807) is 49.5 Å². The first kappa shape index (κ1) is 24.4. The Balaban J connectivity index is 1.76. The smallest absolute Gasteiger partial charge is 0.267 e. The van der Waals surface area contributed by atoms with Gasteiger partial charge in [-0.2, -0.15) is 17.7 Å². The van der Waals surface area contributed by atoms with E-state index in [2.05, 4.69) is 15.1 Å². The van der Waals surface area contributed by atoms with Gasteiger partial charge in [0.2, 0.25) is 0 Å². The van der Waals surface area contributed by atoms with Crippen LogP contribution >= 0.6 is 11.6 Å². The van der Waals surface area contributed by atoms with Gasteiger partial charge in [0, 0.05) is 35.7 Å². The number of hydrogen-bond acceptors (Lipinski definition) is 5. The van der Waals surface area contributed by atoms with Gasteiger partial charge < -0.3 is 0 Å².